The molecule has 1 unspecified atom stereocenters. The summed E-state index contributed by atoms with van der Waals surface area (Å²) >= 11 is 2.34. The Morgan fingerprint density at radius 1 is 1.16 bits per heavy atom. The molecule has 3 heteroatoms. The molecule has 0 fully saturated rings. The van der Waals surface area contributed by atoms with Gasteiger partial charge in [0.05, 0.1) is 11.6 Å². The first-order valence-electron chi connectivity index (χ1n) is 6.13. The average molecular weight is 362 g/mol. The highest BCUT2D eigenvalue weighted by atomic mass is 127. The van der Waals surface area contributed by atoms with Crippen molar-refractivity contribution >= 4 is 28.3 Å². The molecule has 0 amide bonds. The second kappa shape index (κ2) is 6.07. The van der Waals surface area contributed by atoms with Crippen molar-refractivity contribution < 1.29 is 0 Å². The van der Waals surface area contributed by atoms with Gasteiger partial charge in [0.15, 0.2) is 0 Å². The van der Waals surface area contributed by atoms with Crippen LogP contribution in [0.15, 0.2) is 42.5 Å². The van der Waals surface area contributed by atoms with Crippen LogP contribution in [0.2, 0.25) is 0 Å². The van der Waals surface area contributed by atoms with Crippen LogP contribution < -0.4 is 5.32 Å². The van der Waals surface area contributed by atoms with Gasteiger partial charge in [-0.3, -0.25) is 0 Å². The third-order valence-corrected chi connectivity index (χ3v) is 4.26. The minimum atomic E-state index is 0.214. The van der Waals surface area contributed by atoms with E-state index in [-0.39, 0.29) is 6.04 Å². The van der Waals surface area contributed by atoms with Crippen molar-refractivity contribution in [2.45, 2.75) is 19.9 Å². The smallest absolute Gasteiger partial charge is 0.0991 e. The van der Waals surface area contributed by atoms with E-state index in [4.69, 9.17) is 5.26 Å². The number of nitriles is 1. The number of rotatable bonds is 3. The van der Waals surface area contributed by atoms with Gasteiger partial charge in [-0.2, -0.15) is 5.26 Å². The highest BCUT2D eigenvalue weighted by Gasteiger charge is 2.06. The zero-order valence-electron chi connectivity index (χ0n) is 10.9. The maximum absolute atomic E-state index is 8.79. The first-order chi connectivity index (χ1) is 9.10. The van der Waals surface area contributed by atoms with Crippen LogP contribution >= 0.6 is 22.6 Å². The lowest BCUT2D eigenvalue weighted by Crippen LogP contribution is -2.06. The normalized spacial score (nSPS) is 11.7. The molecule has 0 heterocycles. The average Bonchev–Trinajstić information content (AvgIpc) is 2.43. The van der Waals surface area contributed by atoms with Crippen molar-refractivity contribution in [1.82, 2.24) is 0 Å². The van der Waals surface area contributed by atoms with Gasteiger partial charge in [-0.15, -0.1) is 0 Å². The van der Waals surface area contributed by atoms with E-state index in [1.807, 2.05) is 24.3 Å². The molecule has 19 heavy (non-hydrogen) atoms. The van der Waals surface area contributed by atoms with Crippen LogP contribution in [0.5, 0.6) is 0 Å². The Bertz CT molecular complexity index is 612. The lowest BCUT2D eigenvalue weighted by molar-refractivity contribution is 0.884. The topological polar surface area (TPSA) is 35.8 Å². The number of nitrogens with zero attached hydrogens (tertiary/aromatic N) is 1. The molecule has 1 N–H and O–H groups in total. The molecule has 2 aromatic rings. The number of nitrogens with one attached hydrogen (secondary N) is 1. The van der Waals surface area contributed by atoms with Crippen molar-refractivity contribution in [3.8, 4) is 6.07 Å². The Hall–Kier alpha value is -1.54. The lowest BCUT2D eigenvalue weighted by Gasteiger charge is -2.16. The molecule has 0 aliphatic heterocycles. The van der Waals surface area contributed by atoms with E-state index in [0.717, 1.165) is 5.69 Å². The second-order valence-corrected chi connectivity index (χ2v) is 5.73. The van der Waals surface area contributed by atoms with E-state index in [2.05, 4.69) is 66.0 Å². The molecule has 0 aromatic heterocycles. The van der Waals surface area contributed by atoms with Crippen LogP contribution in [0.1, 0.15) is 29.7 Å². The molecule has 2 aromatic carbocycles. The number of hydrogen-bond donors (Lipinski definition) is 1. The second-order valence-electron chi connectivity index (χ2n) is 4.56. The van der Waals surface area contributed by atoms with Crippen LogP contribution in [-0.2, 0) is 0 Å². The molecular weight excluding hydrogens is 347 g/mol. The fraction of sp³-hybridized carbons (Fsp3) is 0.188. The summed E-state index contributed by atoms with van der Waals surface area (Å²) in [6, 6.07) is 16.4. The van der Waals surface area contributed by atoms with E-state index >= 15 is 0 Å². The number of aryl methyl sites for hydroxylation is 1. The Morgan fingerprint density at radius 2 is 1.84 bits per heavy atom. The summed E-state index contributed by atoms with van der Waals surface area (Å²) in [7, 11) is 0. The van der Waals surface area contributed by atoms with Crippen LogP contribution in [0.3, 0.4) is 0 Å². The van der Waals surface area contributed by atoms with Gasteiger partial charge in [0, 0.05) is 15.3 Å². The summed E-state index contributed by atoms with van der Waals surface area (Å²) in [5, 5.41) is 12.3. The predicted octanol–water partition coefficient (Wildman–Crippen LogP) is 4.64. The lowest BCUT2D eigenvalue weighted by atomic mass is 10.1. The summed E-state index contributed by atoms with van der Waals surface area (Å²) in [5.41, 5.74) is 4.28. The third kappa shape index (κ3) is 3.48. The molecule has 0 bridgehead atoms. The summed E-state index contributed by atoms with van der Waals surface area (Å²) in [5.74, 6) is 0. The standard InChI is InChI=1S/C16H15IN2/c1-11-3-8-15(9-16(11)17)19-12(2)14-6-4-13(10-18)5-7-14/h3-9,12,19H,1-2H3. The van der Waals surface area contributed by atoms with Gasteiger partial charge >= 0.3 is 0 Å². The molecule has 0 saturated carbocycles. The van der Waals surface area contributed by atoms with Crippen LogP contribution in [0, 0.1) is 21.8 Å². The van der Waals surface area contributed by atoms with Gasteiger partial charge in [-0.1, -0.05) is 18.2 Å². The predicted molar refractivity (Wildman–Crippen MR) is 87.1 cm³/mol. The zero-order chi connectivity index (χ0) is 13.8. The summed E-state index contributed by atoms with van der Waals surface area (Å²) < 4.78 is 1.26. The van der Waals surface area contributed by atoms with Crippen molar-refractivity contribution in [3.63, 3.8) is 0 Å². The fourth-order valence-corrected chi connectivity index (χ4v) is 2.38. The molecule has 0 radical (unpaired) electrons. The van der Waals surface area contributed by atoms with Gasteiger partial charge in [-0.05, 0) is 71.8 Å². The molecule has 96 valence electrons. The molecule has 1 atom stereocenters. The van der Waals surface area contributed by atoms with Crippen molar-refractivity contribution in [3.05, 3.63) is 62.7 Å². The first kappa shape index (κ1) is 13.9. The van der Waals surface area contributed by atoms with E-state index in [1.165, 1.54) is 14.7 Å². The Morgan fingerprint density at radius 3 is 2.42 bits per heavy atom. The zero-order valence-corrected chi connectivity index (χ0v) is 13.1. The molecule has 2 rings (SSSR count). The minimum Gasteiger partial charge on any atom is -0.378 e. The summed E-state index contributed by atoms with van der Waals surface area (Å²) in [6.45, 7) is 4.23. The number of benzene rings is 2. The Labute approximate surface area is 127 Å². The number of anilines is 1. The summed E-state index contributed by atoms with van der Waals surface area (Å²) in [4.78, 5) is 0. The van der Waals surface area contributed by atoms with Gasteiger partial charge < -0.3 is 5.32 Å². The fourth-order valence-electron chi connectivity index (χ4n) is 1.86. The van der Waals surface area contributed by atoms with Gasteiger partial charge in [0.2, 0.25) is 0 Å². The largest absolute Gasteiger partial charge is 0.378 e. The van der Waals surface area contributed by atoms with E-state index in [9.17, 15) is 0 Å². The van der Waals surface area contributed by atoms with E-state index < -0.39 is 0 Å². The van der Waals surface area contributed by atoms with Crippen LogP contribution in [-0.4, -0.2) is 0 Å². The van der Waals surface area contributed by atoms with Crippen LogP contribution in [0.25, 0.3) is 0 Å². The SMILES string of the molecule is Cc1ccc(NC(C)c2ccc(C#N)cc2)cc1I. The molecule has 2 nitrogen and oxygen atoms in total. The highest BCUT2D eigenvalue weighted by Crippen LogP contribution is 2.22. The molecule has 0 spiro atoms. The van der Waals surface area contributed by atoms with Crippen molar-refractivity contribution in [2.24, 2.45) is 0 Å². The molecule has 0 aliphatic carbocycles. The summed E-state index contributed by atoms with van der Waals surface area (Å²) in [6.07, 6.45) is 0. The number of hydrogen-bond acceptors (Lipinski definition) is 2. The van der Waals surface area contributed by atoms with E-state index in [0.29, 0.717) is 5.56 Å². The monoisotopic (exact) mass is 362 g/mol. The Kier molecular flexibility index (Phi) is 4.43. The van der Waals surface area contributed by atoms with Gasteiger partial charge in [0.1, 0.15) is 0 Å². The van der Waals surface area contributed by atoms with Crippen molar-refractivity contribution in [2.75, 3.05) is 5.32 Å². The highest BCUT2D eigenvalue weighted by molar-refractivity contribution is 14.1. The van der Waals surface area contributed by atoms with Gasteiger partial charge in [-0.25, -0.2) is 0 Å². The molecular formula is C16H15IN2. The Balaban J connectivity index is 2.13. The third-order valence-electron chi connectivity index (χ3n) is 3.09. The molecule has 0 saturated heterocycles. The van der Waals surface area contributed by atoms with E-state index in [1.54, 1.807) is 0 Å². The first-order valence-corrected chi connectivity index (χ1v) is 7.21. The van der Waals surface area contributed by atoms with Crippen LogP contribution in [0.4, 0.5) is 5.69 Å². The van der Waals surface area contributed by atoms with Crippen molar-refractivity contribution in [1.29, 1.82) is 5.26 Å². The molecule has 0 aliphatic rings. The van der Waals surface area contributed by atoms with Gasteiger partial charge in [0.25, 0.3) is 0 Å². The quantitative estimate of drug-likeness (QED) is 0.808. The maximum atomic E-state index is 8.79. The minimum absolute atomic E-state index is 0.214. The maximum Gasteiger partial charge on any atom is 0.0991 e. The number of halogens is 1.